The van der Waals surface area contributed by atoms with Crippen LogP contribution in [-0.2, 0) is 10.3 Å². The number of para-hydroxylation sites is 2. The minimum atomic E-state index is -1.40. The minimum Gasteiger partial charge on any atom is -0.496 e. The van der Waals surface area contributed by atoms with Gasteiger partial charge in [-0.05, 0) is 36.8 Å². The van der Waals surface area contributed by atoms with Crippen molar-refractivity contribution >= 4 is 28.5 Å². The topological polar surface area (TPSA) is 65.6 Å². The van der Waals surface area contributed by atoms with Crippen LogP contribution in [0.4, 0.5) is 19.3 Å². The van der Waals surface area contributed by atoms with E-state index in [1.807, 2.05) is 48.5 Å². The summed E-state index contributed by atoms with van der Waals surface area (Å²) < 4.78 is 33.9. The lowest BCUT2D eigenvalue weighted by Crippen LogP contribution is -2.50. The molecule has 4 aromatic rings. The number of fused-ring (bicyclic) bond motifs is 5. The van der Waals surface area contributed by atoms with Crippen molar-refractivity contribution in [3.63, 3.8) is 0 Å². The van der Waals surface area contributed by atoms with Gasteiger partial charge < -0.3 is 14.6 Å². The summed E-state index contributed by atoms with van der Waals surface area (Å²) in [5.41, 5.74) is 1.49. The number of anilines is 1. The first-order valence-electron chi connectivity index (χ1n) is 11.2. The van der Waals surface area contributed by atoms with Crippen molar-refractivity contribution in [3.8, 4) is 5.75 Å². The summed E-state index contributed by atoms with van der Waals surface area (Å²) in [7, 11) is 1.59. The number of carbonyl (C=O) groups is 2. The van der Waals surface area contributed by atoms with E-state index in [2.05, 4.69) is 4.98 Å². The molecule has 0 bridgehead atoms. The number of urea groups is 1. The zero-order chi connectivity index (χ0) is 24.5. The molecule has 0 radical (unpaired) electrons. The number of carbonyl (C=O) groups excluding carboxylic acids is 2. The van der Waals surface area contributed by atoms with Crippen molar-refractivity contribution in [1.82, 2.24) is 9.88 Å². The van der Waals surface area contributed by atoms with Gasteiger partial charge in [0.25, 0.3) is 5.91 Å². The van der Waals surface area contributed by atoms with Crippen LogP contribution < -0.4 is 9.64 Å². The Kier molecular flexibility index (Phi) is 4.51. The molecule has 2 aliphatic rings. The number of imide groups is 1. The third kappa shape index (κ3) is 2.79. The molecular formula is C27H21F2N3O3. The molecule has 1 saturated heterocycles. The normalized spacial score (nSPS) is 21.4. The molecule has 0 saturated carbocycles. The van der Waals surface area contributed by atoms with E-state index in [0.29, 0.717) is 17.5 Å². The molecule has 3 heterocycles. The average Bonchev–Trinajstić information content (AvgIpc) is 3.34. The number of aromatic nitrogens is 1. The molecule has 1 fully saturated rings. The zero-order valence-electron chi connectivity index (χ0n) is 19.0. The molecule has 3 amide bonds. The maximum atomic E-state index is 14.7. The van der Waals surface area contributed by atoms with Crippen molar-refractivity contribution in [1.29, 1.82) is 0 Å². The van der Waals surface area contributed by atoms with E-state index >= 15 is 0 Å². The van der Waals surface area contributed by atoms with E-state index in [9.17, 15) is 18.4 Å². The van der Waals surface area contributed by atoms with Gasteiger partial charge >= 0.3 is 6.03 Å². The number of hydrogen-bond donors (Lipinski definition) is 1. The Morgan fingerprint density at radius 1 is 1.03 bits per heavy atom. The fraction of sp³-hybridized carbons (Fsp3) is 0.185. The van der Waals surface area contributed by atoms with Gasteiger partial charge in [0, 0.05) is 35.0 Å². The number of H-pyrrole nitrogens is 1. The molecule has 0 spiro atoms. The van der Waals surface area contributed by atoms with E-state index in [1.54, 1.807) is 14.0 Å². The number of nitrogens with one attached hydrogen (secondary N) is 1. The average molecular weight is 473 g/mol. The van der Waals surface area contributed by atoms with Crippen LogP contribution in [0.2, 0.25) is 0 Å². The van der Waals surface area contributed by atoms with Crippen molar-refractivity contribution in [2.24, 2.45) is 0 Å². The minimum absolute atomic E-state index is 0.176. The van der Waals surface area contributed by atoms with E-state index in [-0.39, 0.29) is 18.2 Å². The second-order valence-corrected chi connectivity index (χ2v) is 8.96. The molecule has 176 valence electrons. The molecule has 1 N–H and O–H groups in total. The van der Waals surface area contributed by atoms with Crippen molar-refractivity contribution in [3.05, 3.63) is 95.2 Å². The molecule has 6 nitrogen and oxygen atoms in total. The predicted molar refractivity (Wildman–Crippen MR) is 126 cm³/mol. The summed E-state index contributed by atoms with van der Waals surface area (Å²) in [4.78, 5) is 33.2. The molecule has 2 atom stereocenters. The first-order chi connectivity index (χ1) is 16.9. The van der Waals surface area contributed by atoms with Crippen LogP contribution in [0.3, 0.4) is 0 Å². The van der Waals surface area contributed by atoms with Crippen LogP contribution in [-0.4, -0.2) is 35.5 Å². The maximum Gasteiger partial charge on any atom is 0.332 e. The highest BCUT2D eigenvalue weighted by Gasteiger charge is 2.61. The van der Waals surface area contributed by atoms with Crippen LogP contribution in [0.25, 0.3) is 10.9 Å². The van der Waals surface area contributed by atoms with E-state index in [1.165, 1.54) is 4.90 Å². The third-order valence-electron chi connectivity index (χ3n) is 7.19. The van der Waals surface area contributed by atoms with E-state index in [0.717, 1.165) is 39.1 Å². The number of halogens is 2. The van der Waals surface area contributed by atoms with Crippen molar-refractivity contribution < 1.29 is 23.1 Å². The van der Waals surface area contributed by atoms with Gasteiger partial charge in [0.2, 0.25) is 0 Å². The third-order valence-corrected chi connectivity index (χ3v) is 7.19. The van der Waals surface area contributed by atoms with Gasteiger partial charge in [-0.25, -0.2) is 18.5 Å². The highest BCUT2D eigenvalue weighted by atomic mass is 19.1. The molecule has 2 aliphatic heterocycles. The number of nitrogens with zero attached hydrogens (tertiary/aromatic N) is 2. The fourth-order valence-corrected chi connectivity index (χ4v) is 5.50. The number of rotatable bonds is 3. The van der Waals surface area contributed by atoms with Crippen LogP contribution in [0.1, 0.15) is 29.7 Å². The smallest absolute Gasteiger partial charge is 0.332 e. The number of benzene rings is 3. The summed E-state index contributed by atoms with van der Waals surface area (Å²) in [6.45, 7) is 1.84. The SMILES string of the molecule is COc1ccccc1C1CN2C(=O)N(c3ccc(F)cc3F)C(=O)C2(C)c2[nH]c3ccccc3c21. The van der Waals surface area contributed by atoms with Crippen LogP contribution in [0.5, 0.6) is 5.75 Å². The lowest BCUT2D eigenvalue weighted by atomic mass is 9.78. The molecule has 2 unspecified atom stereocenters. The molecule has 35 heavy (non-hydrogen) atoms. The Balaban J connectivity index is 1.60. The molecule has 8 heteroatoms. The number of ether oxygens (including phenoxy) is 1. The fourth-order valence-electron chi connectivity index (χ4n) is 5.50. The Labute approximate surface area is 199 Å². The van der Waals surface area contributed by atoms with Gasteiger partial charge in [0.15, 0.2) is 5.54 Å². The van der Waals surface area contributed by atoms with Crippen molar-refractivity contribution in [2.45, 2.75) is 18.4 Å². The Morgan fingerprint density at radius 3 is 2.54 bits per heavy atom. The quantitative estimate of drug-likeness (QED) is 0.412. The Bertz CT molecular complexity index is 1530. The second-order valence-electron chi connectivity index (χ2n) is 8.96. The number of amides is 3. The lowest BCUT2D eigenvalue weighted by molar-refractivity contribution is -0.125. The van der Waals surface area contributed by atoms with E-state index in [4.69, 9.17) is 4.74 Å². The zero-order valence-corrected chi connectivity index (χ0v) is 19.0. The Morgan fingerprint density at radius 2 is 1.77 bits per heavy atom. The molecule has 1 aromatic heterocycles. The number of methoxy groups -OCH3 is 1. The molecule has 0 aliphatic carbocycles. The number of hydrogen-bond acceptors (Lipinski definition) is 3. The van der Waals surface area contributed by atoms with Crippen LogP contribution >= 0.6 is 0 Å². The molecule has 3 aromatic carbocycles. The Hall–Kier alpha value is -4.20. The van der Waals surface area contributed by atoms with Gasteiger partial charge in [-0.2, -0.15) is 0 Å². The number of aromatic amines is 1. The van der Waals surface area contributed by atoms with Crippen LogP contribution in [0, 0.1) is 11.6 Å². The van der Waals surface area contributed by atoms with Crippen molar-refractivity contribution in [2.75, 3.05) is 18.6 Å². The van der Waals surface area contributed by atoms with E-state index < -0.39 is 29.1 Å². The van der Waals surface area contributed by atoms with Gasteiger partial charge in [-0.1, -0.05) is 36.4 Å². The summed E-state index contributed by atoms with van der Waals surface area (Å²) in [5, 5.41) is 0.936. The van der Waals surface area contributed by atoms with Crippen LogP contribution in [0.15, 0.2) is 66.7 Å². The second kappa shape index (κ2) is 7.40. The summed E-state index contributed by atoms with van der Waals surface area (Å²) in [6, 6.07) is 17.4. The standard InChI is InChI=1S/C27H21F2N3O3/c1-27-24-23(17-8-3-5-9-20(17)30-24)18(16-7-4-6-10-22(16)35-2)14-31(27)26(34)32(25(27)33)21-12-11-15(28)13-19(21)29/h3-13,18,30H,14H2,1-2H3. The summed E-state index contributed by atoms with van der Waals surface area (Å²) in [5.74, 6) is -2.01. The van der Waals surface area contributed by atoms with Gasteiger partial charge in [0.1, 0.15) is 17.4 Å². The van der Waals surface area contributed by atoms with Gasteiger partial charge in [-0.15, -0.1) is 0 Å². The molecular weight excluding hydrogens is 452 g/mol. The summed E-state index contributed by atoms with van der Waals surface area (Å²) >= 11 is 0. The molecule has 6 rings (SSSR count). The lowest BCUT2D eigenvalue weighted by Gasteiger charge is -2.40. The van der Waals surface area contributed by atoms with Gasteiger partial charge in [-0.3, -0.25) is 4.79 Å². The first-order valence-corrected chi connectivity index (χ1v) is 11.2. The first kappa shape index (κ1) is 21.3. The summed E-state index contributed by atoms with van der Waals surface area (Å²) in [6.07, 6.45) is 0. The monoisotopic (exact) mass is 473 g/mol. The largest absolute Gasteiger partial charge is 0.496 e. The van der Waals surface area contributed by atoms with Gasteiger partial charge in [0.05, 0.1) is 18.5 Å². The highest BCUT2D eigenvalue weighted by Crippen LogP contribution is 2.51. The predicted octanol–water partition coefficient (Wildman–Crippen LogP) is 5.28. The maximum absolute atomic E-state index is 14.7. The highest BCUT2D eigenvalue weighted by molar-refractivity contribution is 6.23.